The molecular formula is C36H30N4O6S2. The number of anilines is 1. The summed E-state index contributed by atoms with van der Waals surface area (Å²) < 4.78 is 32.7. The molecule has 0 radical (unpaired) electrons. The van der Waals surface area contributed by atoms with Crippen LogP contribution in [-0.4, -0.2) is 61.6 Å². The summed E-state index contributed by atoms with van der Waals surface area (Å²) in [7, 11) is -3.96. The van der Waals surface area contributed by atoms with Gasteiger partial charge in [-0.05, 0) is 61.0 Å². The molecule has 1 atom stereocenters. The Hall–Kier alpha value is -5.17. The molecular weight excluding hydrogens is 649 g/mol. The maximum atomic E-state index is 13.2. The zero-order valence-corrected chi connectivity index (χ0v) is 27.2. The van der Waals surface area contributed by atoms with Crippen molar-refractivity contribution in [1.82, 2.24) is 15.2 Å². The zero-order valence-electron chi connectivity index (χ0n) is 25.6. The Morgan fingerprint density at radius 3 is 2.52 bits per heavy atom. The predicted molar refractivity (Wildman–Crippen MR) is 181 cm³/mol. The van der Waals surface area contributed by atoms with Gasteiger partial charge in [-0.25, -0.2) is 13.4 Å². The van der Waals surface area contributed by atoms with Crippen molar-refractivity contribution in [1.29, 1.82) is 0 Å². The number of ketones is 1. The number of rotatable bonds is 9. The molecule has 12 heteroatoms. The molecule has 10 nitrogen and oxygen atoms in total. The van der Waals surface area contributed by atoms with Crippen LogP contribution >= 0.6 is 11.3 Å². The van der Waals surface area contributed by atoms with E-state index in [0.717, 1.165) is 39.7 Å². The van der Waals surface area contributed by atoms with Crippen LogP contribution in [0.2, 0.25) is 0 Å². The Balaban J connectivity index is 0.936. The number of sulfone groups is 1. The lowest BCUT2D eigenvalue weighted by Crippen LogP contribution is -2.30. The van der Waals surface area contributed by atoms with Crippen LogP contribution < -0.4 is 15.4 Å². The molecule has 0 unspecified atom stereocenters. The zero-order chi connectivity index (χ0) is 33.3. The van der Waals surface area contributed by atoms with Crippen molar-refractivity contribution in [3.8, 4) is 16.3 Å². The number of amides is 2. The van der Waals surface area contributed by atoms with E-state index in [9.17, 15) is 22.8 Å². The number of fused-ring (bicyclic) bond motifs is 2. The minimum atomic E-state index is -3.96. The van der Waals surface area contributed by atoms with E-state index < -0.39 is 21.7 Å². The normalized spacial score (nSPS) is 16.7. The van der Waals surface area contributed by atoms with E-state index in [1.807, 2.05) is 54.6 Å². The number of thiazole rings is 1. The van der Waals surface area contributed by atoms with Gasteiger partial charge < -0.3 is 15.4 Å². The minimum absolute atomic E-state index is 0.00559. The van der Waals surface area contributed by atoms with Gasteiger partial charge in [0.15, 0.2) is 5.78 Å². The predicted octanol–water partition coefficient (Wildman–Crippen LogP) is 5.47. The van der Waals surface area contributed by atoms with Crippen molar-refractivity contribution in [3.05, 3.63) is 125 Å². The number of hydrogen-bond donors (Lipinski definition) is 2. The molecule has 0 aliphatic carbocycles. The van der Waals surface area contributed by atoms with Gasteiger partial charge in [0.1, 0.15) is 16.9 Å². The second-order valence-electron chi connectivity index (χ2n) is 11.6. The molecule has 2 aliphatic heterocycles. The van der Waals surface area contributed by atoms with Crippen LogP contribution in [-0.2, 0) is 16.4 Å². The Morgan fingerprint density at radius 1 is 0.938 bits per heavy atom. The Bertz CT molecular complexity index is 2130. The number of ether oxygens (including phenoxy) is 1. The van der Waals surface area contributed by atoms with Gasteiger partial charge in [-0.2, -0.15) is 0 Å². The molecule has 2 aliphatic rings. The van der Waals surface area contributed by atoms with Crippen LogP contribution in [0.3, 0.4) is 0 Å². The number of nitrogens with zero attached hydrogens (tertiary/aromatic N) is 2. The first-order chi connectivity index (χ1) is 23.2. The Morgan fingerprint density at radius 2 is 1.71 bits per heavy atom. The lowest BCUT2D eigenvalue weighted by atomic mass is 10.1. The van der Waals surface area contributed by atoms with Crippen LogP contribution in [0.25, 0.3) is 10.6 Å². The largest absolute Gasteiger partial charge is 0.489 e. The molecule has 0 saturated carbocycles. The maximum absolute atomic E-state index is 13.2. The van der Waals surface area contributed by atoms with Crippen molar-refractivity contribution >= 4 is 44.5 Å². The highest BCUT2D eigenvalue weighted by Gasteiger charge is 2.31. The molecule has 3 heterocycles. The summed E-state index contributed by atoms with van der Waals surface area (Å²) in [6.45, 7) is 2.09. The number of Topliss-reactive ketones (excluding diaryl/α,β-unsaturated/α-hetero) is 1. The van der Waals surface area contributed by atoms with Crippen LogP contribution in [0.4, 0.5) is 5.69 Å². The lowest BCUT2D eigenvalue weighted by Gasteiger charge is -2.16. The van der Waals surface area contributed by atoms with Crippen molar-refractivity contribution in [3.63, 3.8) is 0 Å². The first kappa shape index (κ1) is 31.4. The number of aromatic nitrogens is 1. The molecule has 5 aromatic rings. The molecule has 0 bridgehead atoms. The molecule has 4 aromatic carbocycles. The third kappa shape index (κ3) is 6.50. The summed E-state index contributed by atoms with van der Waals surface area (Å²) >= 11 is 1.44. The summed E-state index contributed by atoms with van der Waals surface area (Å²) in [4.78, 5) is 45.7. The molecule has 1 fully saturated rings. The Labute approximate surface area is 281 Å². The van der Waals surface area contributed by atoms with E-state index in [-0.39, 0.29) is 45.0 Å². The molecule has 48 heavy (non-hydrogen) atoms. The van der Waals surface area contributed by atoms with E-state index in [4.69, 9.17) is 4.74 Å². The van der Waals surface area contributed by atoms with Crippen LogP contribution in [0.5, 0.6) is 5.75 Å². The smallest absolute Gasteiger partial charge is 0.257 e. The quantitative estimate of drug-likeness (QED) is 0.196. The third-order valence-electron chi connectivity index (χ3n) is 8.27. The van der Waals surface area contributed by atoms with Crippen molar-refractivity contribution in [2.75, 3.05) is 25.0 Å². The lowest BCUT2D eigenvalue weighted by molar-refractivity contribution is 0.0933. The standard InChI is InChI=1S/C36H30N4O6S2/c41-31(23-6-2-1-3-7-23)22-40-17-16-27(21-40)46-26-13-10-24(11-14-26)36-38-20-28(47-36)19-37-34(42)25-12-15-33-30(18-25)39-35(43)29-8-4-5-9-32(29)48(33,44)45/h1-15,18,20,27H,16-17,19,21-22H2,(H,37,42)(H,39,43)/t27-/m0/s1. The van der Waals surface area contributed by atoms with Gasteiger partial charge in [-0.15, -0.1) is 11.3 Å². The summed E-state index contributed by atoms with van der Waals surface area (Å²) in [5, 5.41) is 6.27. The van der Waals surface area contributed by atoms with E-state index in [0.29, 0.717) is 13.1 Å². The number of carbonyl (C=O) groups is 3. The summed E-state index contributed by atoms with van der Waals surface area (Å²) in [5.74, 6) is -0.119. The SMILES string of the molecule is O=C(CN1CC[C@H](Oc2ccc(-c3ncc(CNC(=O)c4ccc5c(c4)NC(=O)c4ccccc4S5(=O)=O)s3)cc2)C1)c1ccccc1. The van der Waals surface area contributed by atoms with Gasteiger partial charge in [0, 0.05) is 40.9 Å². The number of likely N-dealkylation sites (tertiary alicyclic amines) is 1. The highest BCUT2D eigenvalue weighted by atomic mass is 32.2. The number of benzene rings is 4. The van der Waals surface area contributed by atoms with Crippen LogP contribution in [0, 0.1) is 0 Å². The van der Waals surface area contributed by atoms with Crippen LogP contribution in [0.1, 0.15) is 42.4 Å². The van der Waals surface area contributed by atoms with Gasteiger partial charge in [-0.1, -0.05) is 42.5 Å². The number of carbonyl (C=O) groups excluding carboxylic acids is 3. The second kappa shape index (κ2) is 13.1. The topological polar surface area (TPSA) is 135 Å². The van der Waals surface area contributed by atoms with Crippen LogP contribution in [0.15, 0.2) is 113 Å². The van der Waals surface area contributed by atoms with Crippen molar-refractivity contribution < 1.29 is 27.5 Å². The molecule has 2 amide bonds. The molecule has 1 aromatic heterocycles. The van der Waals surface area contributed by atoms with E-state index in [1.54, 1.807) is 18.3 Å². The minimum Gasteiger partial charge on any atom is -0.489 e. The van der Waals surface area contributed by atoms with E-state index in [1.165, 1.54) is 41.7 Å². The average Bonchev–Trinajstić information content (AvgIpc) is 3.75. The number of hydrogen-bond acceptors (Lipinski definition) is 9. The van der Waals surface area contributed by atoms with Gasteiger partial charge >= 0.3 is 0 Å². The van der Waals surface area contributed by atoms with Gasteiger partial charge in [0.05, 0.1) is 34.1 Å². The summed E-state index contributed by atoms with van der Waals surface area (Å²) in [6.07, 6.45) is 2.56. The third-order valence-corrected chi connectivity index (χ3v) is 11.2. The second-order valence-corrected chi connectivity index (χ2v) is 14.6. The molecule has 0 spiro atoms. The fourth-order valence-electron chi connectivity index (χ4n) is 5.82. The first-order valence-electron chi connectivity index (χ1n) is 15.3. The van der Waals surface area contributed by atoms with E-state index >= 15 is 0 Å². The van der Waals surface area contributed by atoms with Crippen molar-refractivity contribution in [2.45, 2.75) is 28.9 Å². The maximum Gasteiger partial charge on any atom is 0.257 e. The average molecular weight is 679 g/mol. The van der Waals surface area contributed by atoms with E-state index in [2.05, 4.69) is 20.5 Å². The summed E-state index contributed by atoms with van der Waals surface area (Å²) in [5.41, 5.74) is 1.95. The molecule has 7 rings (SSSR count). The van der Waals surface area contributed by atoms with Gasteiger partial charge in [0.25, 0.3) is 11.8 Å². The fraction of sp³-hybridized carbons (Fsp3) is 0.167. The van der Waals surface area contributed by atoms with Crippen molar-refractivity contribution in [2.24, 2.45) is 0 Å². The van der Waals surface area contributed by atoms with Gasteiger partial charge in [0.2, 0.25) is 9.84 Å². The highest BCUT2D eigenvalue weighted by Crippen LogP contribution is 2.34. The highest BCUT2D eigenvalue weighted by molar-refractivity contribution is 7.91. The molecule has 1 saturated heterocycles. The Kier molecular flexibility index (Phi) is 8.61. The molecule has 2 N–H and O–H groups in total. The molecule has 242 valence electrons. The fourth-order valence-corrected chi connectivity index (χ4v) is 8.26. The number of nitrogens with one attached hydrogen (secondary N) is 2. The monoisotopic (exact) mass is 678 g/mol. The first-order valence-corrected chi connectivity index (χ1v) is 17.6. The van der Waals surface area contributed by atoms with Gasteiger partial charge in [-0.3, -0.25) is 19.3 Å². The summed E-state index contributed by atoms with van der Waals surface area (Å²) in [6, 6.07) is 27.2.